The van der Waals surface area contributed by atoms with Crippen molar-refractivity contribution in [3.8, 4) is 17.2 Å². The molecular weight excluding hydrogens is 490 g/mol. The fraction of sp³-hybridized carbons (Fsp3) is 0.350. The summed E-state index contributed by atoms with van der Waals surface area (Å²) in [4.78, 5) is 20.1. The van der Waals surface area contributed by atoms with E-state index in [1.54, 1.807) is 30.5 Å². The number of thiophene rings is 1. The highest BCUT2D eigenvalue weighted by molar-refractivity contribution is 14.1. The van der Waals surface area contributed by atoms with Gasteiger partial charge in [0.25, 0.3) is 0 Å². The molecule has 0 saturated heterocycles. The van der Waals surface area contributed by atoms with Crippen molar-refractivity contribution in [2.45, 2.75) is 25.3 Å². The zero-order chi connectivity index (χ0) is 20.2. The molecule has 1 aliphatic heterocycles. The zero-order valence-electron chi connectivity index (χ0n) is 15.4. The Balaban J connectivity index is 1.83. The lowest BCUT2D eigenvalue weighted by Crippen LogP contribution is -2.54. The van der Waals surface area contributed by atoms with Gasteiger partial charge in [0.2, 0.25) is 5.91 Å². The van der Waals surface area contributed by atoms with Crippen LogP contribution < -0.4 is 5.73 Å². The quantitative estimate of drug-likeness (QED) is 0.636. The summed E-state index contributed by atoms with van der Waals surface area (Å²) in [5.41, 5.74) is 7.02. The van der Waals surface area contributed by atoms with Crippen molar-refractivity contribution in [1.29, 1.82) is 5.26 Å². The molecule has 2 heterocycles. The highest BCUT2D eigenvalue weighted by Crippen LogP contribution is 2.52. The summed E-state index contributed by atoms with van der Waals surface area (Å²) in [5.74, 6) is -0.222. The second-order valence-electron chi connectivity index (χ2n) is 7.43. The Morgan fingerprint density at radius 3 is 2.79 bits per heavy atom. The maximum absolute atomic E-state index is 13.7. The van der Waals surface area contributed by atoms with Gasteiger partial charge >= 0.3 is 0 Å². The summed E-state index contributed by atoms with van der Waals surface area (Å²) in [6, 6.07) is 8.43. The normalized spacial score (nSPS) is 24.8. The minimum absolute atomic E-state index is 0.0102. The minimum Gasteiger partial charge on any atom is -0.369 e. The number of halogens is 2. The van der Waals surface area contributed by atoms with Gasteiger partial charge in [0.05, 0.1) is 14.4 Å². The van der Waals surface area contributed by atoms with Crippen LogP contribution in [0.2, 0.25) is 0 Å². The predicted octanol–water partition coefficient (Wildman–Crippen LogP) is 4.06. The molecule has 1 fully saturated rings. The van der Waals surface area contributed by atoms with Crippen molar-refractivity contribution < 1.29 is 9.18 Å². The number of amides is 1. The topological polar surface area (TPSA) is 82.5 Å². The molecule has 0 radical (unpaired) electrons. The summed E-state index contributed by atoms with van der Waals surface area (Å²) in [6.45, 7) is 1.98. The highest BCUT2D eigenvalue weighted by atomic mass is 127. The summed E-state index contributed by atoms with van der Waals surface area (Å²) >= 11 is 3.80. The zero-order valence-corrected chi connectivity index (χ0v) is 18.3. The lowest BCUT2D eigenvalue weighted by atomic mass is 9.79. The van der Waals surface area contributed by atoms with Gasteiger partial charge in [-0.2, -0.15) is 5.26 Å². The first kappa shape index (κ1) is 19.3. The molecule has 1 aliphatic carbocycles. The number of rotatable bonds is 3. The summed E-state index contributed by atoms with van der Waals surface area (Å²) in [6.07, 6.45) is 2.04. The van der Waals surface area contributed by atoms with E-state index in [1.807, 2.05) is 19.1 Å². The van der Waals surface area contributed by atoms with E-state index in [-0.39, 0.29) is 23.3 Å². The van der Waals surface area contributed by atoms with E-state index in [4.69, 9.17) is 16.0 Å². The van der Waals surface area contributed by atoms with E-state index in [0.717, 1.165) is 31.7 Å². The van der Waals surface area contributed by atoms with Gasteiger partial charge in [0.15, 0.2) is 5.96 Å². The number of guanidine groups is 1. The predicted molar refractivity (Wildman–Crippen MR) is 115 cm³/mol. The molecule has 2 N–H and O–H groups in total. The van der Waals surface area contributed by atoms with E-state index < -0.39 is 11.4 Å². The third kappa shape index (κ3) is 3.01. The van der Waals surface area contributed by atoms with Crippen LogP contribution in [0.5, 0.6) is 0 Å². The van der Waals surface area contributed by atoms with Crippen molar-refractivity contribution in [2.24, 2.45) is 22.6 Å². The monoisotopic (exact) mass is 508 g/mol. The number of carbonyl (C=O) groups is 1. The molecule has 28 heavy (non-hydrogen) atoms. The molecule has 0 bridgehead atoms. The molecular formula is C20H18FIN4OS. The van der Waals surface area contributed by atoms with Crippen molar-refractivity contribution >= 4 is 45.8 Å². The van der Waals surface area contributed by atoms with Gasteiger partial charge in [-0.15, -0.1) is 11.3 Å². The van der Waals surface area contributed by atoms with Crippen LogP contribution in [-0.4, -0.2) is 23.8 Å². The minimum atomic E-state index is -0.726. The molecule has 2 aromatic rings. The molecule has 1 amide bonds. The van der Waals surface area contributed by atoms with Crippen molar-refractivity contribution in [2.75, 3.05) is 7.05 Å². The van der Waals surface area contributed by atoms with Crippen LogP contribution in [0.25, 0.3) is 11.1 Å². The SMILES string of the molecule is CN1C(=O)[C@@H](C2CC2)[C@@](C)(c2cc(-c3ccc(F)c(C#N)c3)c(I)s2)N=C1N. The van der Waals surface area contributed by atoms with Gasteiger partial charge < -0.3 is 5.73 Å². The number of hydrogen-bond acceptors (Lipinski definition) is 5. The van der Waals surface area contributed by atoms with E-state index >= 15 is 0 Å². The Kier molecular flexibility index (Phi) is 4.70. The smallest absolute Gasteiger partial charge is 0.235 e. The second kappa shape index (κ2) is 6.81. The number of nitrogens with zero attached hydrogens (tertiary/aromatic N) is 3. The number of aliphatic imine (C=N–C) groups is 1. The van der Waals surface area contributed by atoms with Crippen LogP contribution in [0.1, 0.15) is 30.2 Å². The van der Waals surface area contributed by atoms with Crippen LogP contribution in [0, 0.1) is 31.9 Å². The van der Waals surface area contributed by atoms with E-state index in [9.17, 15) is 9.18 Å². The Morgan fingerprint density at radius 1 is 1.43 bits per heavy atom. The highest BCUT2D eigenvalue weighted by Gasteiger charge is 2.53. The van der Waals surface area contributed by atoms with Crippen molar-refractivity contribution in [1.82, 2.24) is 4.90 Å². The summed E-state index contributed by atoms with van der Waals surface area (Å²) < 4.78 is 14.7. The average Bonchev–Trinajstić information content (AvgIpc) is 3.40. The Labute approximate surface area is 180 Å². The largest absolute Gasteiger partial charge is 0.369 e. The third-order valence-corrected chi connectivity index (χ3v) is 7.96. The molecule has 0 spiro atoms. The van der Waals surface area contributed by atoms with Crippen LogP contribution >= 0.6 is 33.9 Å². The van der Waals surface area contributed by atoms with Gasteiger partial charge in [-0.3, -0.25) is 9.69 Å². The maximum atomic E-state index is 13.7. The number of hydrogen-bond donors (Lipinski definition) is 1. The lowest BCUT2D eigenvalue weighted by Gasteiger charge is -2.40. The van der Waals surface area contributed by atoms with Crippen LogP contribution in [0.3, 0.4) is 0 Å². The van der Waals surface area contributed by atoms with Gasteiger partial charge in [-0.05, 0) is 72.0 Å². The van der Waals surface area contributed by atoms with Gasteiger partial charge in [0.1, 0.15) is 17.4 Å². The number of nitrogens with two attached hydrogens (primary N) is 1. The molecule has 4 rings (SSSR count). The second-order valence-corrected chi connectivity index (χ2v) is 10.3. The molecule has 144 valence electrons. The van der Waals surface area contributed by atoms with Crippen molar-refractivity contribution in [3.63, 3.8) is 0 Å². The van der Waals surface area contributed by atoms with E-state index in [1.165, 1.54) is 11.0 Å². The molecule has 1 aromatic heterocycles. The van der Waals surface area contributed by atoms with Gasteiger partial charge in [-0.25, -0.2) is 9.38 Å². The molecule has 1 saturated carbocycles. The summed E-state index contributed by atoms with van der Waals surface area (Å²) in [7, 11) is 1.67. The maximum Gasteiger partial charge on any atom is 0.235 e. The molecule has 1 aromatic carbocycles. The first-order valence-electron chi connectivity index (χ1n) is 8.89. The van der Waals surface area contributed by atoms with Gasteiger partial charge in [0, 0.05) is 17.5 Å². The molecule has 8 heteroatoms. The molecule has 2 atom stereocenters. The Bertz CT molecular complexity index is 1050. The summed E-state index contributed by atoms with van der Waals surface area (Å²) in [5, 5.41) is 9.13. The third-order valence-electron chi connectivity index (χ3n) is 5.57. The Morgan fingerprint density at radius 2 is 2.14 bits per heavy atom. The lowest BCUT2D eigenvalue weighted by molar-refractivity contribution is -0.134. The van der Waals surface area contributed by atoms with Crippen molar-refractivity contribution in [3.05, 3.63) is 43.4 Å². The number of benzene rings is 1. The number of carbonyl (C=O) groups excluding carboxylic acids is 1. The Hall–Kier alpha value is -1.99. The number of nitriles is 1. The standard InChI is InChI=1S/C20H18FIN4OS/c1-20(16(10-3-4-10)18(27)26(2)19(24)25-20)15-8-13(17(22)28-15)11-5-6-14(21)12(7-11)9-23/h5-8,10,16H,3-4H2,1-2H3,(H2,24,25)/t16-,20-/m1/s1. The first-order valence-corrected chi connectivity index (χ1v) is 10.8. The fourth-order valence-electron chi connectivity index (χ4n) is 3.84. The van der Waals surface area contributed by atoms with Crippen LogP contribution in [0.15, 0.2) is 29.3 Å². The molecule has 2 aliphatic rings. The first-order chi connectivity index (χ1) is 13.3. The van der Waals surface area contributed by atoms with Gasteiger partial charge in [-0.1, -0.05) is 6.07 Å². The average molecular weight is 508 g/mol. The van der Waals surface area contributed by atoms with E-state index in [2.05, 4.69) is 22.6 Å². The van der Waals surface area contributed by atoms with Crippen LogP contribution in [-0.2, 0) is 10.3 Å². The van der Waals surface area contributed by atoms with Crippen LogP contribution in [0.4, 0.5) is 4.39 Å². The fourth-order valence-corrected chi connectivity index (χ4v) is 6.05. The molecule has 5 nitrogen and oxygen atoms in total. The van der Waals surface area contributed by atoms with E-state index in [0.29, 0.717) is 5.92 Å². The molecule has 0 unspecified atom stereocenters.